The van der Waals surface area contributed by atoms with Gasteiger partial charge in [-0.05, 0) is 42.0 Å². The highest BCUT2D eigenvalue weighted by molar-refractivity contribution is 6.24. The minimum Gasteiger partial charge on any atom is -0.357 e. The first-order valence-corrected chi connectivity index (χ1v) is 11.2. The molecule has 2 amide bonds. The summed E-state index contributed by atoms with van der Waals surface area (Å²) in [7, 11) is 0. The van der Waals surface area contributed by atoms with Crippen molar-refractivity contribution in [1.82, 2.24) is 4.98 Å². The molecule has 1 aliphatic carbocycles. The van der Waals surface area contributed by atoms with Gasteiger partial charge in [0.15, 0.2) is 0 Å². The largest absolute Gasteiger partial charge is 0.357 e. The predicted molar refractivity (Wildman–Crippen MR) is 120 cm³/mol. The zero-order valence-electron chi connectivity index (χ0n) is 17.6. The number of rotatable bonds is 5. The highest BCUT2D eigenvalue weighted by Gasteiger charge is 2.57. The number of imide groups is 1. The van der Waals surface area contributed by atoms with E-state index in [-0.39, 0.29) is 29.6 Å². The van der Waals surface area contributed by atoms with Gasteiger partial charge in [-0.25, -0.2) is 4.90 Å². The van der Waals surface area contributed by atoms with Gasteiger partial charge >= 0.3 is 0 Å². The van der Waals surface area contributed by atoms with Gasteiger partial charge in [0.1, 0.15) is 0 Å². The van der Waals surface area contributed by atoms with Crippen LogP contribution < -0.4 is 4.90 Å². The molecule has 1 N–H and O–H groups in total. The number of H-pyrrole nitrogens is 1. The Kier molecular flexibility index (Phi) is 4.73. The summed E-state index contributed by atoms with van der Waals surface area (Å²) in [5.74, 6) is -0.404. The van der Waals surface area contributed by atoms with Crippen LogP contribution in [-0.2, 0) is 9.59 Å². The van der Waals surface area contributed by atoms with E-state index < -0.39 is 5.92 Å². The summed E-state index contributed by atoms with van der Waals surface area (Å²) in [6, 6.07) is 17.7. The van der Waals surface area contributed by atoms with E-state index in [4.69, 9.17) is 0 Å². The maximum absolute atomic E-state index is 13.7. The van der Waals surface area contributed by atoms with E-state index in [9.17, 15) is 9.59 Å². The standard InChI is InChI=1S/C26H28N2O2/c1-3-4-6-13-18-16(2)21-19-14-9-10-15-20(19)27-24(21)23-22(18)25(29)28(26(23)30)17-11-7-5-8-12-17/h5,7-12,14-16,18,22-23,27H,3-4,6,13H2,1-2H3/t16-,18+,22+,23+/m0/s1. The van der Waals surface area contributed by atoms with Gasteiger partial charge in [0.05, 0.1) is 17.5 Å². The van der Waals surface area contributed by atoms with Crippen LogP contribution in [0.4, 0.5) is 5.69 Å². The Hall–Kier alpha value is -2.88. The molecule has 0 saturated carbocycles. The Bertz CT molecular complexity index is 1100. The van der Waals surface area contributed by atoms with Gasteiger partial charge < -0.3 is 4.98 Å². The van der Waals surface area contributed by atoms with Crippen molar-refractivity contribution in [2.45, 2.75) is 51.4 Å². The smallest absolute Gasteiger partial charge is 0.243 e. The molecule has 1 saturated heterocycles. The number of anilines is 1. The summed E-state index contributed by atoms with van der Waals surface area (Å²) in [5, 5.41) is 1.19. The summed E-state index contributed by atoms with van der Waals surface area (Å²) in [5.41, 5.74) is 3.93. The monoisotopic (exact) mass is 400 g/mol. The number of aromatic nitrogens is 1. The van der Waals surface area contributed by atoms with Crippen LogP contribution in [0, 0.1) is 11.8 Å². The lowest BCUT2D eigenvalue weighted by Crippen LogP contribution is -2.35. The van der Waals surface area contributed by atoms with Gasteiger partial charge in [-0.15, -0.1) is 0 Å². The summed E-state index contributed by atoms with van der Waals surface area (Å²) in [6.45, 7) is 4.45. The van der Waals surface area contributed by atoms with Gasteiger partial charge in [-0.3, -0.25) is 9.59 Å². The molecule has 5 rings (SSSR count). The molecule has 2 aromatic carbocycles. The Balaban J connectivity index is 1.66. The second-order valence-corrected chi connectivity index (χ2v) is 8.80. The highest BCUT2D eigenvalue weighted by Crippen LogP contribution is 2.54. The van der Waals surface area contributed by atoms with Gasteiger partial charge in [-0.1, -0.05) is 69.5 Å². The molecular weight excluding hydrogens is 372 g/mol. The van der Waals surface area contributed by atoms with Crippen molar-refractivity contribution in [3.63, 3.8) is 0 Å². The molecule has 4 atom stereocenters. The van der Waals surface area contributed by atoms with E-state index in [0.717, 1.165) is 36.9 Å². The van der Waals surface area contributed by atoms with Crippen LogP contribution in [0.3, 0.4) is 0 Å². The summed E-state index contributed by atoms with van der Waals surface area (Å²) >= 11 is 0. The van der Waals surface area contributed by atoms with Crippen LogP contribution in [0.1, 0.15) is 62.6 Å². The number of para-hydroxylation sites is 2. The number of aromatic amines is 1. The van der Waals surface area contributed by atoms with Crippen LogP contribution in [0.25, 0.3) is 10.9 Å². The molecule has 1 aromatic heterocycles. The van der Waals surface area contributed by atoms with Crippen LogP contribution >= 0.6 is 0 Å². The Labute approximate surface area is 177 Å². The zero-order valence-corrected chi connectivity index (χ0v) is 17.6. The normalized spacial score (nSPS) is 25.6. The molecule has 1 aliphatic heterocycles. The Morgan fingerprint density at radius 1 is 0.933 bits per heavy atom. The maximum atomic E-state index is 13.7. The van der Waals surface area contributed by atoms with Gasteiger partial charge in [0.25, 0.3) is 0 Å². The van der Waals surface area contributed by atoms with Crippen molar-refractivity contribution >= 4 is 28.4 Å². The Morgan fingerprint density at radius 3 is 2.43 bits per heavy atom. The van der Waals surface area contributed by atoms with E-state index in [1.807, 2.05) is 36.4 Å². The minimum absolute atomic E-state index is 0.0335. The lowest BCUT2D eigenvalue weighted by Gasteiger charge is -2.36. The topological polar surface area (TPSA) is 53.2 Å². The first-order valence-electron chi connectivity index (χ1n) is 11.2. The van der Waals surface area contributed by atoms with E-state index in [1.165, 1.54) is 15.8 Å². The van der Waals surface area contributed by atoms with E-state index in [2.05, 4.69) is 37.0 Å². The Morgan fingerprint density at radius 2 is 1.67 bits per heavy atom. The lowest BCUT2D eigenvalue weighted by atomic mass is 9.65. The number of hydrogen-bond acceptors (Lipinski definition) is 2. The third kappa shape index (κ3) is 2.73. The zero-order chi connectivity index (χ0) is 20.8. The molecule has 0 radical (unpaired) electrons. The molecule has 154 valence electrons. The van der Waals surface area contributed by atoms with Crippen molar-refractivity contribution in [1.29, 1.82) is 0 Å². The lowest BCUT2D eigenvalue weighted by molar-refractivity contribution is -0.123. The number of amides is 2. The van der Waals surface area contributed by atoms with E-state index >= 15 is 0 Å². The summed E-state index contributed by atoms with van der Waals surface area (Å²) < 4.78 is 0. The van der Waals surface area contributed by atoms with Gasteiger partial charge in [-0.2, -0.15) is 0 Å². The number of hydrogen-bond donors (Lipinski definition) is 1. The van der Waals surface area contributed by atoms with Crippen LogP contribution in [0.15, 0.2) is 54.6 Å². The van der Waals surface area contributed by atoms with Gasteiger partial charge in [0.2, 0.25) is 11.8 Å². The van der Waals surface area contributed by atoms with Crippen LogP contribution in [0.5, 0.6) is 0 Å². The molecule has 2 heterocycles. The molecule has 0 bridgehead atoms. The second kappa shape index (κ2) is 7.42. The first-order chi connectivity index (χ1) is 14.6. The fourth-order valence-electron chi connectivity index (χ4n) is 5.76. The van der Waals surface area contributed by atoms with Crippen LogP contribution in [0.2, 0.25) is 0 Å². The highest BCUT2D eigenvalue weighted by atomic mass is 16.2. The number of unbranched alkanes of at least 4 members (excludes halogenated alkanes) is 2. The number of fused-ring (bicyclic) bond motifs is 5. The van der Waals surface area contributed by atoms with Crippen molar-refractivity contribution in [2.75, 3.05) is 4.90 Å². The van der Waals surface area contributed by atoms with Crippen LogP contribution in [-0.4, -0.2) is 16.8 Å². The van der Waals surface area contributed by atoms with Crippen molar-refractivity contribution < 1.29 is 9.59 Å². The summed E-state index contributed by atoms with van der Waals surface area (Å²) in [4.78, 5) is 32.3. The van der Waals surface area contributed by atoms with Gasteiger partial charge in [0, 0.05) is 16.6 Å². The molecule has 0 unspecified atom stereocenters. The second-order valence-electron chi connectivity index (χ2n) is 8.80. The molecule has 4 nitrogen and oxygen atoms in total. The molecule has 1 fully saturated rings. The SMILES string of the molecule is CCCCC[C@H]1[C@H]2C(=O)N(c3ccccc3)C(=O)[C@H]2c2[nH]c3ccccc3c2[C@H]1C. The molecular formula is C26H28N2O2. The maximum Gasteiger partial charge on any atom is 0.243 e. The predicted octanol–water partition coefficient (Wildman–Crippen LogP) is 5.75. The average Bonchev–Trinajstić information content (AvgIpc) is 3.26. The quantitative estimate of drug-likeness (QED) is 0.438. The number of nitrogens with one attached hydrogen (secondary N) is 1. The van der Waals surface area contributed by atoms with Crippen molar-refractivity contribution in [3.05, 3.63) is 65.9 Å². The molecule has 0 spiro atoms. The average molecular weight is 401 g/mol. The first kappa shape index (κ1) is 19.1. The number of carbonyl (C=O) groups excluding carboxylic acids is 2. The number of carbonyl (C=O) groups is 2. The molecule has 3 aromatic rings. The number of benzene rings is 2. The fraction of sp³-hybridized carbons (Fsp3) is 0.385. The summed E-state index contributed by atoms with van der Waals surface area (Å²) in [6.07, 6.45) is 4.39. The van der Waals surface area contributed by atoms with Crippen molar-refractivity contribution in [2.24, 2.45) is 11.8 Å². The fourth-order valence-corrected chi connectivity index (χ4v) is 5.76. The molecule has 4 heteroatoms. The third-order valence-corrected chi connectivity index (χ3v) is 7.15. The van der Waals surface area contributed by atoms with Crippen molar-refractivity contribution in [3.8, 4) is 0 Å². The van der Waals surface area contributed by atoms with E-state index in [1.54, 1.807) is 0 Å². The van der Waals surface area contributed by atoms with E-state index in [0.29, 0.717) is 5.69 Å². The number of nitrogens with zero attached hydrogens (tertiary/aromatic N) is 1. The molecule has 30 heavy (non-hydrogen) atoms. The molecule has 2 aliphatic rings. The minimum atomic E-state index is -0.414. The third-order valence-electron chi connectivity index (χ3n) is 7.15.